The van der Waals surface area contributed by atoms with Gasteiger partial charge in [-0.15, -0.1) is 11.6 Å². The van der Waals surface area contributed by atoms with E-state index in [1.165, 1.54) is 0 Å². The van der Waals surface area contributed by atoms with E-state index in [-0.39, 0.29) is 0 Å². The lowest BCUT2D eigenvalue weighted by atomic mass is 10.3. The van der Waals surface area contributed by atoms with Gasteiger partial charge in [0.25, 0.3) is 0 Å². The van der Waals surface area contributed by atoms with Gasteiger partial charge in [0.15, 0.2) is 0 Å². The molecule has 0 spiro atoms. The molecule has 0 aliphatic rings. The van der Waals surface area contributed by atoms with Gasteiger partial charge < -0.3 is 0 Å². The average Bonchev–Trinajstić information content (AvgIpc) is 1.69. The van der Waals surface area contributed by atoms with E-state index in [0.29, 0.717) is 0 Å². The van der Waals surface area contributed by atoms with Crippen LogP contribution in [-0.2, 0) is 0 Å². The number of allylic oxidation sites excluding steroid dienone is 1. The van der Waals surface area contributed by atoms with Gasteiger partial charge in [-0.3, -0.25) is 0 Å². The summed E-state index contributed by atoms with van der Waals surface area (Å²) in [5.74, 6) is 0.779. The predicted molar refractivity (Wildman–Crippen MR) is 43.1 cm³/mol. The molecular weight excluding hydrogens is 222 g/mol. The average molecular weight is 230 g/mol. The van der Waals surface area contributed by atoms with Gasteiger partial charge in [-0.05, 0) is 16.9 Å². The first kappa shape index (κ1) is 7.76. The molecule has 0 saturated carbocycles. The second kappa shape index (κ2) is 6.76. The van der Waals surface area contributed by atoms with Crippen molar-refractivity contribution in [2.45, 2.75) is 12.8 Å². The minimum atomic E-state index is 0.779. The summed E-state index contributed by atoms with van der Waals surface area (Å²) in [5, 5.41) is 0. The van der Waals surface area contributed by atoms with Crippen molar-refractivity contribution in [3.05, 3.63) is 10.2 Å². The summed E-state index contributed by atoms with van der Waals surface area (Å²) >= 11 is 7.60. The minimum absolute atomic E-state index is 0.779. The van der Waals surface area contributed by atoms with Crippen molar-refractivity contribution in [3.63, 3.8) is 0 Å². The first-order valence-electron chi connectivity index (χ1n) is 2.23. The standard InChI is InChI=1S/C5H8ClI/c6-4-2-1-3-5-7/h3,5H,1-2,4H2. The molecule has 7 heavy (non-hydrogen) atoms. The second-order valence-corrected chi connectivity index (χ2v) is 2.29. The number of halogens is 2. The third-order valence-corrected chi connectivity index (χ3v) is 1.37. The highest BCUT2D eigenvalue weighted by atomic mass is 127. The summed E-state index contributed by atoms with van der Waals surface area (Å²) in [7, 11) is 0. The van der Waals surface area contributed by atoms with Crippen LogP contribution in [0.2, 0.25) is 0 Å². The van der Waals surface area contributed by atoms with Crippen molar-refractivity contribution in [2.24, 2.45) is 0 Å². The summed E-state index contributed by atoms with van der Waals surface area (Å²) in [6.07, 6.45) is 4.33. The van der Waals surface area contributed by atoms with E-state index >= 15 is 0 Å². The van der Waals surface area contributed by atoms with Gasteiger partial charge in [0.1, 0.15) is 0 Å². The topological polar surface area (TPSA) is 0 Å². The maximum atomic E-state index is 5.40. The lowest BCUT2D eigenvalue weighted by molar-refractivity contribution is 0.969. The fraction of sp³-hybridized carbons (Fsp3) is 0.600. The van der Waals surface area contributed by atoms with Gasteiger partial charge in [0, 0.05) is 5.88 Å². The zero-order valence-corrected chi connectivity index (χ0v) is 6.95. The molecule has 0 amide bonds. The van der Waals surface area contributed by atoms with Crippen molar-refractivity contribution in [1.82, 2.24) is 0 Å². The van der Waals surface area contributed by atoms with Gasteiger partial charge in [-0.2, -0.15) is 0 Å². The number of hydrogen-bond donors (Lipinski definition) is 0. The van der Waals surface area contributed by atoms with Crippen molar-refractivity contribution in [3.8, 4) is 0 Å². The summed E-state index contributed by atoms with van der Waals surface area (Å²) in [4.78, 5) is 0. The van der Waals surface area contributed by atoms with E-state index < -0.39 is 0 Å². The van der Waals surface area contributed by atoms with Gasteiger partial charge in [0.05, 0.1) is 0 Å². The monoisotopic (exact) mass is 230 g/mol. The molecule has 0 bridgehead atoms. The molecule has 0 aromatic carbocycles. The van der Waals surface area contributed by atoms with Crippen LogP contribution in [0.4, 0.5) is 0 Å². The van der Waals surface area contributed by atoms with E-state index in [1.807, 2.05) is 4.08 Å². The molecule has 42 valence electrons. The molecule has 0 aliphatic carbocycles. The molecular formula is C5H8ClI. The molecule has 0 atom stereocenters. The third-order valence-electron chi connectivity index (χ3n) is 0.594. The summed E-state index contributed by atoms with van der Waals surface area (Å²) in [6.45, 7) is 0. The maximum absolute atomic E-state index is 5.40. The van der Waals surface area contributed by atoms with Gasteiger partial charge >= 0.3 is 0 Å². The maximum Gasteiger partial charge on any atom is 0.0226 e. The van der Waals surface area contributed by atoms with Crippen LogP contribution in [-0.4, -0.2) is 5.88 Å². The van der Waals surface area contributed by atoms with Gasteiger partial charge in [-0.1, -0.05) is 28.7 Å². The van der Waals surface area contributed by atoms with Crippen LogP contribution >= 0.6 is 34.2 Å². The Morgan fingerprint density at radius 1 is 1.57 bits per heavy atom. The summed E-state index contributed by atoms with van der Waals surface area (Å²) in [6, 6.07) is 0. The lowest BCUT2D eigenvalue weighted by Gasteiger charge is -1.81. The minimum Gasteiger partial charge on any atom is -0.127 e. The molecule has 0 aromatic heterocycles. The molecule has 0 unspecified atom stereocenters. The van der Waals surface area contributed by atoms with Gasteiger partial charge in [0.2, 0.25) is 0 Å². The summed E-state index contributed by atoms with van der Waals surface area (Å²) < 4.78 is 2.02. The first-order valence-corrected chi connectivity index (χ1v) is 4.01. The van der Waals surface area contributed by atoms with Crippen molar-refractivity contribution in [1.29, 1.82) is 0 Å². The Hall–Kier alpha value is 0.760. The molecule has 0 heterocycles. The number of hydrogen-bond acceptors (Lipinski definition) is 0. The van der Waals surface area contributed by atoms with E-state index in [4.69, 9.17) is 11.6 Å². The highest BCUT2D eigenvalue weighted by Crippen LogP contribution is 1.94. The van der Waals surface area contributed by atoms with Crippen LogP contribution in [0, 0.1) is 0 Å². The van der Waals surface area contributed by atoms with Crippen LogP contribution in [0.1, 0.15) is 12.8 Å². The first-order chi connectivity index (χ1) is 3.41. The molecule has 0 N–H and O–H groups in total. The van der Waals surface area contributed by atoms with Crippen molar-refractivity contribution >= 4 is 34.2 Å². The molecule has 0 saturated heterocycles. The Bertz CT molecular complexity index is 52.0. The SMILES string of the molecule is ClCCCC=CI. The molecule has 0 aliphatic heterocycles. The zero-order valence-electron chi connectivity index (χ0n) is 4.03. The highest BCUT2D eigenvalue weighted by Gasteiger charge is 1.75. The zero-order chi connectivity index (χ0) is 5.54. The van der Waals surface area contributed by atoms with Crippen molar-refractivity contribution in [2.75, 3.05) is 5.88 Å². The fourth-order valence-corrected chi connectivity index (χ4v) is 0.772. The quantitative estimate of drug-likeness (QED) is 0.397. The lowest BCUT2D eigenvalue weighted by Crippen LogP contribution is -1.68. The number of rotatable bonds is 3. The largest absolute Gasteiger partial charge is 0.127 e. The third kappa shape index (κ3) is 6.76. The number of unbranched alkanes of at least 4 members (excludes halogenated alkanes) is 1. The Kier molecular flexibility index (Phi) is 7.49. The van der Waals surface area contributed by atoms with E-state index in [2.05, 4.69) is 28.7 Å². The van der Waals surface area contributed by atoms with Crippen LogP contribution in [0.3, 0.4) is 0 Å². The predicted octanol–water partition coefficient (Wildman–Crippen LogP) is 2.95. The second-order valence-electron chi connectivity index (χ2n) is 1.19. The van der Waals surface area contributed by atoms with Crippen molar-refractivity contribution < 1.29 is 0 Å². The fourth-order valence-electron chi connectivity index (χ4n) is 0.258. The molecule has 0 radical (unpaired) electrons. The molecule has 0 rings (SSSR count). The van der Waals surface area contributed by atoms with Crippen LogP contribution in [0.5, 0.6) is 0 Å². The molecule has 0 fully saturated rings. The Labute approximate surface area is 63.1 Å². The Morgan fingerprint density at radius 2 is 2.29 bits per heavy atom. The van der Waals surface area contributed by atoms with Crippen LogP contribution < -0.4 is 0 Å². The number of alkyl halides is 1. The molecule has 0 aromatic rings. The van der Waals surface area contributed by atoms with Gasteiger partial charge in [-0.25, -0.2) is 0 Å². The van der Waals surface area contributed by atoms with Crippen LogP contribution in [0.25, 0.3) is 0 Å². The molecule has 0 nitrogen and oxygen atoms in total. The van der Waals surface area contributed by atoms with Crippen LogP contribution in [0.15, 0.2) is 10.2 Å². The normalized spacial score (nSPS) is 10.6. The Balaban J connectivity index is 2.69. The van der Waals surface area contributed by atoms with E-state index in [9.17, 15) is 0 Å². The smallest absolute Gasteiger partial charge is 0.0226 e. The van der Waals surface area contributed by atoms with E-state index in [0.717, 1.165) is 18.7 Å². The Morgan fingerprint density at radius 3 is 2.71 bits per heavy atom. The van der Waals surface area contributed by atoms with E-state index in [1.54, 1.807) is 0 Å². The summed E-state index contributed by atoms with van der Waals surface area (Å²) in [5.41, 5.74) is 0. The highest BCUT2D eigenvalue weighted by molar-refractivity contribution is 14.1. The molecule has 2 heteroatoms.